The monoisotopic (exact) mass is 361 g/mol. The number of halogens is 1. The van der Waals surface area contributed by atoms with Gasteiger partial charge in [0.1, 0.15) is 5.84 Å². The van der Waals surface area contributed by atoms with E-state index in [2.05, 4.69) is 52.1 Å². The topological polar surface area (TPSA) is 70.6 Å². The van der Waals surface area contributed by atoms with E-state index in [1.54, 1.807) is 0 Å². The van der Waals surface area contributed by atoms with Crippen LogP contribution in [0.2, 0.25) is 0 Å². The second-order valence-corrected chi connectivity index (χ2v) is 6.12. The van der Waals surface area contributed by atoms with Gasteiger partial charge in [-0.2, -0.15) is 0 Å². The molecule has 0 heterocycles. The van der Waals surface area contributed by atoms with Crippen LogP contribution >= 0.6 is 22.6 Å². The first-order valence-electron chi connectivity index (χ1n) is 5.85. The quantitative estimate of drug-likeness (QED) is 0.248. The van der Waals surface area contributed by atoms with E-state index in [0.29, 0.717) is 0 Å². The van der Waals surface area contributed by atoms with Gasteiger partial charge in [0.25, 0.3) is 0 Å². The Morgan fingerprint density at radius 2 is 2.17 bits per heavy atom. The maximum absolute atomic E-state index is 8.71. The van der Waals surface area contributed by atoms with E-state index in [9.17, 15) is 0 Å². The lowest BCUT2D eigenvalue weighted by Crippen LogP contribution is -2.33. The zero-order chi connectivity index (χ0) is 13.8. The fourth-order valence-corrected chi connectivity index (χ4v) is 2.07. The van der Waals surface area contributed by atoms with Crippen LogP contribution in [0.5, 0.6) is 0 Å². The number of nitrogens with one attached hydrogen (secondary N) is 1. The highest BCUT2D eigenvalue weighted by Gasteiger charge is 2.22. The molecule has 0 aliphatic rings. The van der Waals surface area contributed by atoms with Crippen LogP contribution in [0.1, 0.15) is 25.8 Å². The van der Waals surface area contributed by atoms with Crippen molar-refractivity contribution in [1.29, 1.82) is 0 Å². The SMILES string of the molecule is Cc1c(I)cccc1NCCC(C)(C)/C(N)=N/O. The van der Waals surface area contributed by atoms with Crippen LogP contribution in [-0.2, 0) is 0 Å². The minimum absolute atomic E-state index is 0.267. The smallest absolute Gasteiger partial charge is 0.144 e. The van der Waals surface area contributed by atoms with Gasteiger partial charge in [0.15, 0.2) is 0 Å². The molecular weight excluding hydrogens is 341 g/mol. The summed E-state index contributed by atoms with van der Waals surface area (Å²) in [4.78, 5) is 0. The van der Waals surface area contributed by atoms with Crippen molar-refractivity contribution in [2.75, 3.05) is 11.9 Å². The third-order valence-corrected chi connectivity index (χ3v) is 4.30. The van der Waals surface area contributed by atoms with Crippen LogP contribution < -0.4 is 11.1 Å². The normalized spacial score (nSPS) is 12.6. The summed E-state index contributed by atoms with van der Waals surface area (Å²) in [6.45, 7) is 6.81. The standard InChI is InChI=1S/C13H20IN3O/c1-9-10(14)5-4-6-11(9)16-8-7-13(2,3)12(15)17-18/h4-6,16,18H,7-8H2,1-3H3,(H2,15,17). The van der Waals surface area contributed by atoms with Crippen LogP contribution in [0.3, 0.4) is 0 Å². The second-order valence-electron chi connectivity index (χ2n) is 4.96. The van der Waals surface area contributed by atoms with Gasteiger partial charge in [-0.05, 0) is 53.6 Å². The molecule has 0 atom stereocenters. The van der Waals surface area contributed by atoms with Crippen molar-refractivity contribution in [3.05, 3.63) is 27.3 Å². The Kier molecular flexibility index (Phi) is 5.25. The number of rotatable bonds is 5. The fraction of sp³-hybridized carbons (Fsp3) is 0.462. The van der Waals surface area contributed by atoms with Crippen LogP contribution in [0.4, 0.5) is 5.69 Å². The first-order valence-corrected chi connectivity index (χ1v) is 6.93. The van der Waals surface area contributed by atoms with E-state index in [4.69, 9.17) is 10.9 Å². The number of benzene rings is 1. The molecule has 0 amide bonds. The minimum Gasteiger partial charge on any atom is -0.409 e. The van der Waals surface area contributed by atoms with E-state index in [1.807, 2.05) is 19.9 Å². The third kappa shape index (κ3) is 3.76. The number of hydrogen-bond donors (Lipinski definition) is 3. The molecule has 4 N–H and O–H groups in total. The average molecular weight is 361 g/mol. The molecule has 0 saturated heterocycles. The van der Waals surface area contributed by atoms with Gasteiger partial charge in [-0.3, -0.25) is 0 Å². The molecule has 1 rings (SSSR count). The Bertz CT molecular complexity index is 444. The molecule has 0 aliphatic heterocycles. The summed E-state index contributed by atoms with van der Waals surface area (Å²) < 4.78 is 1.24. The van der Waals surface area contributed by atoms with Gasteiger partial charge in [-0.15, -0.1) is 0 Å². The van der Waals surface area contributed by atoms with E-state index in [0.717, 1.165) is 18.7 Å². The fourth-order valence-electron chi connectivity index (χ4n) is 1.57. The number of anilines is 1. The molecule has 0 aromatic heterocycles. The Morgan fingerprint density at radius 1 is 1.50 bits per heavy atom. The van der Waals surface area contributed by atoms with Gasteiger partial charge < -0.3 is 16.3 Å². The van der Waals surface area contributed by atoms with Gasteiger partial charge in [-0.25, -0.2) is 0 Å². The Morgan fingerprint density at radius 3 is 2.78 bits per heavy atom. The molecule has 5 heteroatoms. The number of nitrogens with zero attached hydrogens (tertiary/aromatic N) is 1. The molecule has 100 valence electrons. The summed E-state index contributed by atoms with van der Waals surface area (Å²) >= 11 is 2.32. The van der Waals surface area contributed by atoms with Crippen molar-refractivity contribution in [3.8, 4) is 0 Å². The Balaban J connectivity index is 2.60. The van der Waals surface area contributed by atoms with Gasteiger partial charge in [0.2, 0.25) is 0 Å². The molecule has 0 saturated carbocycles. The van der Waals surface area contributed by atoms with Crippen molar-refractivity contribution >= 4 is 34.1 Å². The predicted octanol–water partition coefficient (Wildman–Crippen LogP) is 3.17. The van der Waals surface area contributed by atoms with E-state index in [1.165, 1.54) is 9.13 Å². The molecule has 0 radical (unpaired) electrons. The summed E-state index contributed by atoms with van der Waals surface area (Å²) in [5, 5.41) is 15.2. The molecule has 0 spiro atoms. The molecule has 0 fully saturated rings. The van der Waals surface area contributed by atoms with Crippen molar-refractivity contribution in [2.24, 2.45) is 16.3 Å². The summed E-state index contributed by atoms with van der Waals surface area (Å²) in [5.41, 5.74) is 7.73. The van der Waals surface area contributed by atoms with Crippen LogP contribution in [0, 0.1) is 15.9 Å². The Hall–Kier alpha value is -0.980. The highest BCUT2D eigenvalue weighted by atomic mass is 127. The third-order valence-electron chi connectivity index (χ3n) is 3.13. The van der Waals surface area contributed by atoms with Crippen LogP contribution in [0.25, 0.3) is 0 Å². The molecule has 1 aromatic rings. The molecule has 0 unspecified atom stereocenters. The number of nitrogens with two attached hydrogens (primary N) is 1. The first-order chi connectivity index (χ1) is 8.38. The van der Waals surface area contributed by atoms with Crippen LogP contribution in [-0.4, -0.2) is 17.6 Å². The zero-order valence-corrected chi connectivity index (χ0v) is 13.2. The molecule has 18 heavy (non-hydrogen) atoms. The van der Waals surface area contributed by atoms with Crippen LogP contribution in [0.15, 0.2) is 23.4 Å². The van der Waals surface area contributed by atoms with Gasteiger partial charge in [-0.1, -0.05) is 25.1 Å². The molecule has 1 aromatic carbocycles. The lowest BCUT2D eigenvalue weighted by molar-refractivity contribution is 0.306. The molecule has 0 bridgehead atoms. The highest BCUT2D eigenvalue weighted by Crippen LogP contribution is 2.23. The average Bonchev–Trinajstić information content (AvgIpc) is 2.33. The maximum atomic E-state index is 8.71. The molecular formula is C13H20IN3O. The summed E-state index contributed by atoms with van der Waals surface area (Å²) in [5.74, 6) is 0.267. The lowest BCUT2D eigenvalue weighted by atomic mass is 9.88. The van der Waals surface area contributed by atoms with E-state index < -0.39 is 0 Å². The van der Waals surface area contributed by atoms with Crippen molar-refractivity contribution in [3.63, 3.8) is 0 Å². The lowest BCUT2D eigenvalue weighted by Gasteiger charge is -2.23. The van der Waals surface area contributed by atoms with Crippen molar-refractivity contribution in [1.82, 2.24) is 0 Å². The van der Waals surface area contributed by atoms with Gasteiger partial charge in [0.05, 0.1) is 0 Å². The minimum atomic E-state index is -0.308. The second kappa shape index (κ2) is 6.26. The van der Waals surface area contributed by atoms with E-state index >= 15 is 0 Å². The maximum Gasteiger partial charge on any atom is 0.144 e. The van der Waals surface area contributed by atoms with E-state index in [-0.39, 0.29) is 11.3 Å². The highest BCUT2D eigenvalue weighted by molar-refractivity contribution is 14.1. The van der Waals surface area contributed by atoms with Gasteiger partial charge in [0, 0.05) is 21.2 Å². The molecule has 0 aliphatic carbocycles. The first kappa shape index (κ1) is 15.1. The number of amidine groups is 1. The largest absolute Gasteiger partial charge is 0.409 e. The zero-order valence-electron chi connectivity index (χ0n) is 11.0. The number of oxime groups is 1. The summed E-state index contributed by atoms with van der Waals surface area (Å²) in [6.07, 6.45) is 0.799. The molecule has 4 nitrogen and oxygen atoms in total. The van der Waals surface area contributed by atoms with Crippen molar-refractivity contribution < 1.29 is 5.21 Å². The number of hydrogen-bond acceptors (Lipinski definition) is 3. The summed E-state index contributed by atoms with van der Waals surface area (Å²) in [6, 6.07) is 6.18. The Labute approximate surface area is 122 Å². The van der Waals surface area contributed by atoms with Crippen molar-refractivity contribution in [2.45, 2.75) is 27.2 Å². The predicted molar refractivity (Wildman–Crippen MR) is 84.2 cm³/mol. The summed E-state index contributed by atoms with van der Waals surface area (Å²) in [7, 11) is 0. The van der Waals surface area contributed by atoms with Gasteiger partial charge >= 0.3 is 0 Å².